The fraction of sp³-hybridized carbons (Fsp3) is 0.364. The molecule has 0 saturated carbocycles. The van der Waals surface area contributed by atoms with Crippen LogP contribution < -0.4 is 5.73 Å². The van der Waals surface area contributed by atoms with Gasteiger partial charge in [-0.15, -0.1) is 10.2 Å². The van der Waals surface area contributed by atoms with Crippen LogP contribution in [0.25, 0.3) is 5.70 Å². The van der Waals surface area contributed by atoms with Crippen LogP contribution in [0.3, 0.4) is 0 Å². The van der Waals surface area contributed by atoms with Gasteiger partial charge in [0, 0.05) is 6.92 Å². The molecule has 0 saturated heterocycles. The van der Waals surface area contributed by atoms with Gasteiger partial charge in [-0.25, -0.2) is 0 Å². The Morgan fingerprint density at radius 2 is 2.00 bits per heavy atom. The van der Waals surface area contributed by atoms with E-state index >= 15 is 0 Å². The van der Waals surface area contributed by atoms with E-state index < -0.39 is 0 Å². The third-order valence-electron chi connectivity index (χ3n) is 1.97. The molecule has 2 N–H and O–H groups in total. The second-order valence-electron chi connectivity index (χ2n) is 3.31. The number of rotatable bonds is 4. The summed E-state index contributed by atoms with van der Waals surface area (Å²) in [5.74, 6) is -0.0924. The van der Waals surface area contributed by atoms with Crippen LogP contribution in [0, 0.1) is 0 Å². The van der Waals surface area contributed by atoms with Gasteiger partial charge in [-0.1, -0.05) is 19.4 Å². The van der Waals surface area contributed by atoms with E-state index in [1.54, 1.807) is 12.1 Å². The first kappa shape index (κ1) is 11.4. The lowest BCUT2D eigenvalue weighted by molar-refractivity contribution is 0.101. The number of ketones is 1. The van der Waals surface area contributed by atoms with Crippen LogP contribution in [0.15, 0.2) is 18.2 Å². The normalized spacial score (nSPS) is 11.5. The summed E-state index contributed by atoms with van der Waals surface area (Å²) in [5.41, 5.74) is 7.37. The number of unbranched alkanes of at least 4 members (excludes halogenated alkanes) is 1. The smallest absolute Gasteiger partial charge is 0.180 e. The van der Waals surface area contributed by atoms with Crippen LogP contribution in [0.5, 0.6) is 0 Å². The Kier molecular flexibility index (Phi) is 3.97. The predicted molar refractivity (Wildman–Crippen MR) is 59.1 cm³/mol. The minimum atomic E-state index is -0.0924. The van der Waals surface area contributed by atoms with Crippen LogP contribution in [0.4, 0.5) is 0 Å². The number of allylic oxidation sites excluding steroid dienone is 1. The summed E-state index contributed by atoms with van der Waals surface area (Å²) < 4.78 is 0. The predicted octanol–water partition coefficient (Wildman–Crippen LogP) is 1.78. The van der Waals surface area contributed by atoms with Crippen molar-refractivity contribution in [2.45, 2.75) is 26.7 Å². The molecule has 15 heavy (non-hydrogen) atoms. The number of hydrogen-bond acceptors (Lipinski definition) is 4. The lowest BCUT2D eigenvalue weighted by atomic mass is 10.2. The van der Waals surface area contributed by atoms with E-state index in [0.717, 1.165) is 12.8 Å². The standard InChI is InChI=1S/C11H15N3O/c1-3-4-5-9(12)11-7-6-10(8(2)15)13-14-11/h5-7H,3-4,12H2,1-2H3/b9-5+. The third kappa shape index (κ3) is 3.16. The SMILES string of the molecule is CCC/C=C(/N)c1ccc(C(C)=O)nn1. The molecular weight excluding hydrogens is 190 g/mol. The van der Waals surface area contributed by atoms with Crippen molar-refractivity contribution in [2.75, 3.05) is 0 Å². The second kappa shape index (κ2) is 5.24. The first-order valence-electron chi connectivity index (χ1n) is 4.95. The average Bonchev–Trinajstić information content (AvgIpc) is 2.26. The number of aromatic nitrogens is 2. The van der Waals surface area contributed by atoms with Gasteiger partial charge in [-0.3, -0.25) is 4.79 Å². The summed E-state index contributed by atoms with van der Waals surface area (Å²) in [6.07, 6.45) is 3.87. The summed E-state index contributed by atoms with van der Waals surface area (Å²) in [7, 11) is 0. The molecule has 0 amide bonds. The zero-order valence-electron chi connectivity index (χ0n) is 9.03. The molecule has 1 aromatic rings. The van der Waals surface area contributed by atoms with Gasteiger partial charge in [0.15, 0.2) is 5.78 Å². The zero-order valence-corrected chi connectivity index (χ0v) is 9.03. The topological polar surface area (TPSA) is 68.9 Å². The molecule has 0 unspecified atom stereocenters. The van der Waals surface area contributed by atoms with Gasteiger partial charge >= 0.3 is 0 Å². The molecule has 0 atom stereocenters. The van der Waals surface area contributed by atoms with Crippen molar-refractivity contribution < 1.29 is 4.79 Å². The molecule has 0 aliphatic carbocycles. The van der Waals surface area contributed by atoms with Crippen molar-refractivity contribution in [1.29, 1.82) is 0 Å². The largest absolute Gasteiger partial charge is 0.397 e. The summed E-state index contributed by atoms with van der Waals surface area (Å²) in [4.78, 5) is 11.0. The minimum Gasteiger partial charge on any atom is -0.397 e. The van der Waals surface area contributed by atoms with Gasteiger partial charge < -0.3 is 5.73 Å². The summed E-state index contributed by atoms with van der Waals surface area (Å²) in [6.45, 7) is 3.54. The van der Waals surface area contributed by atoms with E-state index in [0.29, 0.717) is 17.1 Å². The van der Waals surface area contributed by atoms with Gasteiger partial charge in [0.05, 0.1) is 5.70 Å². The van der Waals surface area contributed by atoms with Crippen LogP contribution >= 0.6 is 0 Å². The maximum Gasteiger partial charge on any atom is 0.180 e. The number of carbonyl (C=O) groups is 1. The van der Waals surface area contributed by atoms with Crippen molar-refractivity contribution in [3.63, 3.8) is 0 Å². The van der Waals surface area contributed by atoms with E-state index in [9.17, 15) is 4.79 Å². The molecule has 0 aliphatic rings. The highest BCUT2D eigenvalue weighted by atomic mass is 16.1. The van der Waals surface area contributed by atoms with Crippen molar-refractivity contribution in [2.24, 2.45) is 5.73 Å². The molecule has 0 aliphatic heterocycles. The van der Waals surface area contributed by atoms with E-state index in [2.05, 4.69) is 17.1 Å². The van der Waals surface area contributed by atoms with Gasteiger partial charge in [0.2, 0.25) is 0 Å². The number of carbonyl (C=O) groups excluding carboxylic acids is 1. The molecule has 1 heterocycles. The third-order valence-corrected chi connectivity index (χ3v) is 1.97. The lowest BCUT2D eigenvalue weighted by Crippen LogP contribution is -2.04. The first-order valence-corrected chi connectivity index (χ1v) is 4.95. The molecule has 0 bridgehead atoms. The number of hydrogen-bond donors (Lipinski definition) is 1. The van der Waals surface area contributed by atoms with Gasteiger partial charge in [0.1, 0.15) is 11.4 Å². The van der Waals surface area contributed by atoms with Crippen molar-refractivity contribution in [3.05, 3.63) is 29.6 Å². The summed E-state index contributed by atoms with van der Waals surface area (Å²) >= 11 is 0. The minimum absolute atomic E-state index is 0.0924. The van der Waals surface area contributed by atoms with Crippen LogP contribution in [-0.2, 0) is 0 Å². The van der Waals surface area contributed by atoms with Gasteiger partial charge in [-0.05, 0) is 18.6 Å². The molecule has 1 rings (SSSR count). The van der Waals surface area contributed by atoms with Crippen molar-refractivity contribution in [1.82, 2.24) is 10.2 Å². The van der Waals surface area contributed by atoms with Gasteiger partial charge in [0.25, 0.3) is 0 Å². The molecule has 0 spiro atoms. The Morgan fingerprint density at radius 1 is 1.40 bits per heavy atom. The number of Topliss-reactive ketones (excluding diaryl/α,β-unsaturated/α-hetero) is 1. The van der Waals surface area contributed by atoms with E-state index in [1.807, 2.05) is 6.08 Å². The van der Waals surface area contributed by atoms with E-state index in [-0.39, 0.29) is 5.78 Å². The molecule has 0 aromatic carbocycles. The average molecular weight is 205 g/mol. The highest BCUT2D eigenvalue weighted by Crippen LogP contribution is 2.06. The lowest BCUT2D eigenvalue weighted by Gasteiger charge is -2.00. The van der Waals surface area contributed by atoms with Crippen molar-refractivity contribution in [3.8, 4) is 0 Å². The molecule has 4 heteroatoms. The van der Waals surface area contributed by atoms with E-state index in [4.69, 9.17) is 5.73 Å². The molecule has 0 fully saturated rings. The quantitative estimate of drug-likeness (QED) is 0.761. The first-order chi connectivity index (χ1) is 7.15. The Bertz CT molecular complexity index is 368. The Labute approximate surface area is 89.2 Å². The molecular formula is C11H15N3O. The Morgan fingerprint density at radius 3 is 2.47 bits per heavy atom. The number of nitrogens with two attached hydrogens (primary N) is 1. The monoisotopic (exact) mass is 205 g/mol. The molecule has 0 radical (unpaired) electrons. The van der Waals surface area contributed by atoms with Gasteiger partial charge in [-0.2, -0.15) is 0 Å². The second-order valence-corrected chi connectivity index (χ2v) is 3.31. The molecule has 80 valence electrons. The fourth-order valence-corrected chi connectivity index (χ4v) is 1.08. The highest BCUT2D eigenvalue weighted by Gasteiger charge is 2.03. The number of nitrogens with zero attached hydrogens (tertiary/aromatic N) is 2. The van der Waals surface area contributed by atoms with Crippen molar-refractivity contribution >= 4 is 11.5 Å². The maximum absolute atomic E-state index is 11.0. The van der Waals surface area contributed by atoms with Crippen LogP contribution in [0.2, 0.25) is 0 Å². The van der Waals surface area contributed by atoms with E-state index in [1.165, 1.54) is 6.92 Å². The molecule has 4 nitrogen and oxygen atoms in total. The summed E-state index contributed by atoms with van der Waals surface area (Å²) in [6, 6.07) is 3.35. The maximum atomic E-state index is 11.0. The highest BCUT2D eigenvalue weighted by molar-refractivity contribution is 5.91. The summed E-state index contributed by atoms with van der Waals surface area (Å²) in [5, 5.41) is 7.68. The fourth-order valence-electron chi connectivity index (χ4n) is 1.08. The Hall–Kier alpha value is -1.71. The van der Waals surface area contributed by atoms with Crippen LogP contribution in [0.1, 0.15) is 42.9 Å². The van der Waals surface area contributed by atoms with Crippen LogP contribution in [-0.4, -0.2) is 16.0 Å². The zero-order chi connectivity index (χ0) is 11.3. The Balaban J connectivity index is 2.84. The molecule has 1 aromatic heterocycles.